The van der Waals surface area contributed by atoms with E-state index in [-0.39, 0.29) is 48.4 Å². The molecule has 14 heteroatoms. The number of imide groups is 1. The van der Waals surface area contributed by atoms with E-state index in [1.807, 2.05) is 49.1 Å². The third kappa shape index (κ3) is 9.25. The number of hydrogen-bond donors (Lipinski definition) is 3. The first-order valence-corrected chi connectivity index (χ1v) is 23.0. The molecule has 4 aliphatic rings. The van der Waals surface area contributed by atoms with Gasteiger partial charge in [-0.25, -0.2) is 9.18 Å². The van der Waals surface area contributed by atoms with Gasteiger partial charge in [0.25, 0.3) is 5.91 Å². The van der Waals surface area contributed by atoms with Crippen LogP contribution < -0.4 is 27.0 Å². The zero-order chi connectivity index (χ0) is 45.4. The Morgan fingerprint density at radius 1 is 0.908 bits per heavy atom. The third-order valence-corrected chi connectivity index (χ3v) is 14.1. The number of nitrogens with zero attached hydrogens (tertiary/aromatic N) is 4. The molecule has 65 heavy (non-hydrogen) atoms. The van der Waals surface area contributed by atoms with Gasteiger partial charge in [0.1, 0.15) is 11.7 Å². The first-order valence-electron chi connectivity index (χ1n) is 23.0. The minimum absolute atomic E-state index is 0.0988. The minimum Gasteiger partial charge on any atom is -0.408 e. The summed E-state index contributed by atoms with van der Waals surface area (Å²) in [4.78, 5) is 70.0. The minimum atomic E-state index is -1.34. The van der Waals surface area contributed by atoms with Crippen LogP contribution >= 0.6 is 0 Å². The van der Waals surface area contributed by atoms with E-state index < -0.39 is 23.4 Å². The molecule has 4 saturated heterocycles. The average Bonchev–Trinajstić information content (AvgIpc) is 3.63. The van der Waals surface area contributed by atoms with E-state index in [0.717, 1.165) is 59.1 Å². The van der Waals surface area contributed by atoms with Crippen LogP contribution in [0.3, 0.4) is 0 Å². The molecule has 4 aliphatic heterocycles. The summed E-state index contributed by atoms with van der Waals surface area (Å²) < 4.78 is 23.2. The number of halogens is 1. The lowest BCUT2D eigenvalue weighted by Gasteiger charge is -2.42. The summed E-state index contributed by atoms with van der Waals surface area (Å²) in [5.41, 5.74) is 10.3. The highest BCUT2D eigenvalue weighted by Crippen LogP contribution is 2.34. The molecule has 338 valence electrons. The summed E-state index contributed by atoms with van der Waals surface area (Å²) >= 11 is 0. The van der Waals surface area contributed by atoms with Crippen LogP contribution in [0, 0.1) is 30.6 Å². The third-order valence-electron chi connectivity index (χ3n) is 14.1. The van der Waals surface area contributed by atoms with Crippen molar-refractivity contribution in [1.29, 1.82) is 0 Å². The maximum Gasteiger partial charge on any atom is 0.420 e. The van der Waals surface area contributed by atoms with Crippen LogP contribution in [0.4, 0.5) is 15.8 Å². The Labute approximate surface area is 377 Å². The Bertz CT molecular complexity index is 2780. The van der Waals surface area contributed by atoms with Gasteiger partial charge in [-0.15, -0.1) is 0 Å². The number of oxazole rings is 1. The summed E-state index contributed by atoms with van der Waals surface area (Å²) in [6.45, 7) is 7.94. The lowest BCUT2D eigenvalue weighted by Crippen LogP contribution is -2.52. The van der Waals surface area contributed by atoms with Gasteiger partial charge in [-0.1, -0.05) is 48.2 Å². The van der Waals surface area contributed by atoms with E-state index in [2.05, 4.69) is 50.5 Å². The Morgan fingerprint density at radius 3 is 2.38 bits per heavy atom. The smallest absolute Gasteiger partial charge is 0.408 e. The second-order valence-corrected chi connectivity index (χ2v) is 18.4. The fourth-order valence-corrected chi connectivity index (χ4v) is 10.2. The lowest BCUT2D eigenvalue weighted by atomic mass is 9.88. The fraction of sp³-hybridized carbons (Fsp3) is 0.431. The number of anilines is 2. The van der Waals surface area contributed by atoms with Crippen molar-refractivity contribution < 1.29 is 28.0 Å². The van der Waals surface area contributed by atoms with E-state index in [9.17, 15) is 24.0 Å². The molecule has 1 aromatic heterocycles. The van der Waals surface area contributed by atoms with Crippen molar-refractivity contribution in [1.82, 2.24) is 25.0 Å². The first kappa shape index (κ1) is 43.8. The molecule has 1 unspecified atom stereocenters. The van der Waals surface area contributed by atoms with Gasteiger partial charge in [-0.05, 0) is 111 Å². The summed E-state index contributed by atoms with van der Waals surface area (Å²) in [6, 6.07) is 22.0. The number of hydrogen-bond acceptors (Lipinski definition) is 9. The lowest BCUT2D eigenvalue weighted by molar-refractivity contribution is -0.139. The van der Waals surface area contributed by atoms with Crippen molar-refractivity contribution in [3.05, 3.63) is 106 Å². The van der Waals surface area contributed by atoms with Gasteiger partial charge in [0.05, 0.1) is 11.6 Å². The number of amides is 4. The molecular formula is C51H56FN7O6. The molecule has 4 fully saturated rings. The Morgan fingerprint density at radius 2 is 1.65 bits per heavy atom. The normalized spacial score (nSPS) is 20.3. The predicted octanol–water partition coefficient (Wildman–Crippen LogP) is 6.42. The van der Waals surface area contributed by atoms with Crippen LogP contribution in [-0.2, 0) is 14.4 Å². The summed E-state index contributed by atoms with van der Waals surface area (Å²) in [7, 11) is 0. The molecule has 4 aromatic carbocycles. The van der Waals surface area contributed by atoms with Gasteiger partial charge in [0, 0.05) is 92.4 Å². The zero-order valence-electron chi connectivity index (χ0n) is 37.0. The van der Waals surface area contributed by atoms with Crippen molar-refractivity contribution in [2.45, 2.75) is 83.0 Å². The summed E-state index contributed by atoms with van der Waals surface area (Å²) in [5, 5.41) is 7.54. The molecule has 0 radical (unpaired) electrons. The molecule has 4 N–H and O–H groups in total. The largest absolute Gasteiger partial charge is 0.420 e. The second kappa shape index (κ2) is 18.2. The number of aryl methyl sites for hydroxylation is 1. The van der Waals surface area contributed by atoms with Crippen LogP contribution in [0.1, 0.15) is 97.4 Å². The number of nitrogens with one attached hydrogen (secondary N) is 2. The standard InChI is InChI=1S/C51H56FN7O6/c1-32-7-11-37(53)29-42(32)47(61)54-33(2)39-13-10-35(40-5-3-4-6-41(39)40)9-8-34-17-23-56(24-18-34)31-51(52)21-27-58(28-22-51)49(63)36-19-25-57(26-20-36)38-12-14-43-45(30-38)65-50(64)59(43)44-15-16-46(60)55-48(44)62/h3-7,10-14,29-30,33-34,36,44H,15-28,31,53H2,1-2H3,(H,54,61)(H,55,60,62)/t33-,44?/m1/s1. The van der Waals surface area contributed by atoms with Crippen molar-refractivity contribution in [3.8, 4) is 11.8 Å². The number of carbonyl (C=O) groups is 4. The molecule has 0 bridgehead atoms. The highest BCUT2D eigenvalue weighted by atomic mass is 19.1. The summed E-state index contributed by atoms with van der Waals surface area (Å²) in [6.07, 6.45) is 4.11. The maximum absolute atomic E-state index is 16.3. The number of nitrogen functional groups attached to an aromatic ring is 1. The molecule has 13 nitrogen and oxygen atoms in total. The molecule has 0 saturated carbocycles. The average molecular weight is 882 g/mol. The molecular weight excluding hydrogens is 826 g/mol. The molecule has 5 aromatic rings. The van der Waals surface area contributed by atoms with Gasteiger partial charge in [-0.2, -0.15) is 0 Å². The number of aromatic nitrogens is 1. The van der Waals surface area contributed by atoms with E-state index in [0.29, 0.717) is 80.8 Å². The Balaban J connectivity index is 0.737. The number of nitrogens with two attached hydrogens (primary N) is 1. The highest BCUT2D eigenvalue weighted by Gasteiger charge is 2.40. The van der Waals surface area contributed by atoms with Gasteiger partial charge in [0.2, 0.25) is 17.7 Å². The monoisotopic (exact) mass is 881 g/mol. The van der Waals surface area contributed by atoms with Crippen LogP contribution in [0.5, 0.6) is 0 Å². The number of likely N-dealkylation sites (tertiary alicyclic amines) is 2. The van der Waals surface area contributed by atoms with Gasteiger partial charge in [-0.3, -0.25) is 29.1 Å². The van der Waals surface area contributed by atoms with Crippen LogP contribution in [0.15, 0.2) is 82.0 Å². The highest BCUT2D eigenvalue weighted by molar-refractivity contribution is 6.00. The maximum atomic E-state index is 16.3. The van der Waals surface area contributed by atoms with Crippen LogP contribution in [0.25, 0.3) is 21.9 Å². The molecule has 2 atom stereocenters. The Hall–Kier alpha value is -6.46. The number of alkyl halides is 1. The number of rotatable bonds is 8. The Kier molecular flexibility index (Phi) is 12.3. The zero-order valence-corrected chi connectivity index (χ0v) is 37.0. The van der Waals surface area contributed by atoms with Gasteiger partial charge < -0.3 is 30.2 Å². The number of carbonyl (C=O) groups excluding carboxylic acids is 4. The number of piperidine rings is 4. The second-order valence-electron chi connectivity index (χ2n) is 18.4. The fourth-order valence-electron chi connectivity index (χ4n) is 10.2. The first-order chi connectivity index (χ1) is 31.3. The van der Waals surface area contributed by atoms with Crippen molar-refractivity contribution in [2.24, 2.45) is 11.8 Å². The van der Waals surface area contributed by atoms with E-state index in [1.165, 1.54) is 4.57 Å². The topological polar surface area (TPSA) is 163 Å². The van der Waals surface area contributed by atoms with Crippen LogP contribution in [0.2, 0.25) is 0 Å². The van der Waals surface area contributed by atoms with Crippen LogP contribution in [-0.4, -0.2) is 89.5 Å². The van der Waals surface area contributed by atoms with Gasteiger partial charge >= 0.3 is 5.76 Å². The summed E-state index contributed by atoms with van der Waals surface area (Å²) in [5.74, 6) is 5.49. The molecule has 9 rings (SSSR count). The van der Waals surface area contributed by atoms with Gasteiger partial charge in [0.15, 0.2) is 5.58 Å². The van der Waals surface area contributed by atoms with Crippen molar-refractivity contribution in [2.75, 3.05) is 56.4 Å². The number of fused-ring (bicyclic) bond motifs is 2. The van der Waals surface area contributed by atoms with E-state index >= 15 is 4.39 Å². The molecule has 0 spiro atoms. The molecule has 0 aliphatic carbocycles. The molecule has 5 heterocycles. The van der Waals surface area contributed by atoms with E-state index in [1.54, 1.807) is 24.3 Å². The van der Waals surface area contributed by atoms with E-state index in [4.69, 9.17) is 10.2 Å². The molecule has 4 amide bonds. The van der Waals surface area contributed by atoms with Crippen molar-refractivity contribution in [3.63, 3.8) is 0 Å². The van der Waals surface area contributed by atoms with Crippen molar-refractivity contribution >= 4 is 56.9 Å². The SMILES string of the molecule is Cc1ccc(N)cc1C(=O)N[C@H](C)c1ccc(C#CC2CCN(CC3(F)CCN(C(=O)C4CCN(c5ccc6c(c5)oc(=O)n6C5CCC(=O)NC5=O)CC4)CC3)CC2)c2ccccc12. The number of benzene rings is 4. The predicted molar refractivity (Wildman–Crippen MR) is 248 cm³/mol. The quantitative estimate of drug-likeness (QED) is 0.0908.